The first kappa shape index (κ1) is 15.1. The summed E-state index contributed by atoms with van der Waals surface area (Å²) >= 11 is 0. The quantitative estimate of drug-likeness (QED) is 0.533. The second-order valence-corrected chi connectivity index (χ2v) is 7.25. The number of pyridine rings is 1. The van der Waals surface area contributed by atoms with Crippen LogP contribution >= 0.6 is 0 Å². The summed E-state index contributed by atoms with van der Waals surface area (Å²) in [7, 11) is 0. The first-order valence-corrected chi connectivity index (χ1v) is 8.41. The van der Waals surface area contributed by atoms with E-state index in [9.17, 15) is 0 Å². The van der Waals surface area contributed by atoms with Gasteiger partial charge in [-0.05, 0) is 40.1 Å². The maximum Gasteiger partial charge on any atom is 0.0708 e. The summed E-state index contributed by atoms with van der Waals surface area (Å²) in [6, 6.07) is 22.7. The monoisotopic (exact) mass is 316 g/mol. The Kier molecular flexibility index (Phi) is 4.17. The number of benzene rings is 2. The van der Waals surface area contributed by atoms with Crippen molar-refractivity contribution in [2.24, 2.45) is 5.41 Å². The van der Waals surface area contributed by atoms with Gasteiger partial charge in [-0.3, -0.25) is 4.98 Å². The molecule has 1 unspecified atom stereocenters. The van der Waals surface area contributed by atoms with Crippen molar-refractivity contribution in [1.29, 1.82) is 0 Å². The molecule has 0 bridgehead atoms. The van der Waals surface area contributed by atoms with E-state index in [0.717, 1.165) is 27.9 Å². The van der Waals surface area contributed by atoms with Gasteiger partial charge in [0.1, 0.15) is 0 Å². The maximum atomic E-state index is 8.73. The Balaban J connectivity index is 1.94. The summed E-state index contributed by atoms with van der Waals surface area (Å²) in [6.45, 7) is 8.33. The van der Waals surface area contributed by atoms with E-state index in [-0.39, 0.29) is 5.41 Å². The molecule has 24 heavy (non-hydrogen) atoms. The average Bonchev–Trinajstić information content (AvgIpc) is 2.62. The molecule has 122 valence electrons. The summed E-state index contributed by atoms with van der Waals surface area (Å²) in [4.78, 5) is 4.49. The van der Waals surface area contributed by atoms with Gasteiger partial charge in [-0.25, -0.2) is 0 Å². The average molecular weight is 316 g/mol. The van der Waals surface area contributed by atoms with Crippen LogP contribution in [0.2, 0.25) is 0 Å². The van der Waals surface area contributed by atoms with Crippen molar-refractivity contribution in [3.8, 4) is 22.4 Å². The molecule has 0 saturated carbocycles. The highest BCUT2D eigenvalue weighted by Crippen LogP contribution is 2.35. The molecular formula is C23H25N. The largest absolute Gasteiger partial charge is 0.256 e. The van der Waals surface area contributed by atoms with Crippen molar-refractivity contribution in [2.45, 2.75) is 33.6 Å². The molecule has 2 aromatic carbocycles. The molecule has 1 atom stereocenters. The van der Waals surface area contributed by atoms with E-state index in [1.54, 1.807) is 0 Å². The van der Waals surface area contributed by atoms with Crippen LogP contribution in [0.4, 0.5) is 0 Å². The topological polar surface area (TPSA) is 12.9 Å². The minimum absolute atomic E-state index is 0.119. The molecule has 1 heteroatoms. The van der Waals surface area contributed by atoms with Crippen LogP contribution in [0.5, 0.6) is 0 Å². The van der Waals surface area contributed by atoms with Crippen LogP contribution in [0.25, 0.3) is 22.4 Å². The molecule has 3 aromatic rings. The zero-order chi connectivity index (χ0) is 18.1. The fourth-order valence-corrected chi connectivity index (χ4v) is 2.72. The predicted molar refractivity (Wildman–Crippen MR) is 103 cm³/mol. The van der Waals surface area contributed by atoms with E-state index in [0.29, 0.717) is 0 Å². The van der Waals surface area contributed by atoms with Gasteiger partial charge < -0.3 is 0 Å². The van der Waals surface area contributed by atoms with Crippen LogP contribution in [0.1, 0.15) is 40.5 Å². The molecular weight excluding hydrogens is 290 g/mol. The van der Waals surface area contributed by atoms with Crippen LogP contribution in [0.3, 0.4) is 0 Å². The zero-order valence-corrected chi connectivity index (χ0v) is 14.9. The molecule has 0 aliphatic heterocycles. The molecule has 0 fully saturated rings. The Morgan fingerprint density at radius 3 is 2.12 bits per heavy atom. The van der Waals surface area contributed by atoms with Crippen LogP contribution in [-0.4, -0.2) is 4.98 Å². The lowest BCUT2D eigenvalue weighted by Crippen LogP contribution is -2.15. The lowest BCUT2D eigenvalue weighted by Gasteiger charge is -2.27. The predicted octanol–water partition coefficient (Wildman–Crippen LogP) is 6.57. The molecule has 1 nitrogen and oxygen atoms in total. The Morgan fingerprint density at radius 1 is 0.833 bits per heavy atom. The molecule has 0 spiro atoms. The first-order valence-electron chi connectivity index (χ1n) is 8.91. The van der Waals surface area contributed by atoms with Crippen molar-refractivity contribution in [3.63, 3.8) is 0 Å². The highest BCUT2D eigenvalue weighted by atomic mass is 14.7. The van der Waals surface area contributed by atoms with Crippen molar-refractivity contribution in [2.75, 3.05) is 0 Å². The van der Waals surface area contributed by atoms with Crippen LogP contribution < -0.4 is 0 Å². The lowest BCUT2D eigenvalue weighted by molar-refractivity contribution is 0.339. The smallest absolute Gasteiger partial charge is 0.0708 e. The fraction of sp³-hybridized carbons (Fsp3) is 0.261. The van der Waals surface area contributed by atoms with Crippen molar-refractivity contribution in [3.05, 3.63) is 78.5 Å². The summed E-state index contributed by atoms with van der Waals surface area (Å²) < 4.78 is 8.73. The van der Waals surface area contributed by atoms with Gasteiger partial charge in [0.25, 0.3) is 0 Å². The Labute approximate surface area is 146 Å². The summed E-state index contributed by atoms with van der Waals surface area (Å²) in [6.07, 6.45) is 1.86. The molecule has 0 saturated heterocycles. The fourth-order valence-electron chi connectivity index (χ4n) is 2.72. The molecule has 1 heterocycles. The van der Waals surface area contributed by atoms with Gasteiger partial charge in [0.05, 0.1) is 5.69 Å². The minimum Gasteiger partial charge on any atom is -0.256 e. The number of hydrogen-bond acceptors (Lipinski definition) is 1. The van der Waals surface area contributed by atoms with Gasteiger partial charge in [-0.2, -0.15) is 0 Å². The van der Waals surface area contributed by atoms with Gasteiger partial charge in [0, 0.05) is 13.1 Å². The van der Waals surface area contributed by atoms with Crippen molar-refractivity contribution < 1.29 is 1.37 Å². The van der Waals surface area contributed by atoms with Gasteiger partial charge in [-0.15, -0.1) is 0 Å². The summed E-state index contributed by atoms with van der Waals surface area (Å²) in [5, 5.41) is 0. The second-order valence-electron chi connectivity index (χ2n) is 7.25. The van der Waals surface area contributed by atoms with E-state index in [1.165, 1.54) is 0 Å². The normalized spacial score (nSPS) is 14.8. The van der Waals surface area contributed by atoms with Gasteiger partial charge in [-0.1, -0.05) is 82.3 Å². The third-order valence-electron chi connectivity index (χ3n) is 4.61. The van der Waals surface area contributed by atoms with Crippen LogP contribution in [0.15, 0.2) is 72.9 Å². The number of aromatic nitrogens is 1. The number of rotatable bonds is 3. The highest BCUT2D eigenvalue weighted by Gasteiger charge is 2.21. The molecule has 3 rings (SSSR count). The SMILES string of the molecule is [2H]C(C)(c1ccc(-c2ccnc(-c3ccccc3)c2)cc1)C(C)(C)C. The molecule has 0 N–H and O–H groups in total. The lowest BCUT2D eigenvalue weighted by atomic mass is 9.77. The summed E-state index contributed by atoms with van der Waals surface area (Å²) in [5.74, 6) is -0.626. The van der Waals surface area contributed by atoms with E-state index >= 15 is 0 Å². The third kappa shape index (κ3) is 3.56. The Hall–Kier alpha value is -2.41. The third-order valence-corrected chi connectivity index (χ3v) is 4.61. The van der Waals surface area contributed by atoms with E-state index < -0.39 is 5.89 Å². The highest BCUT2D eigenvalue weighted by molar-refractivity contribution is 5.70. The molecule has 0 aliphatic carbocycles. The van der Waals surface area contributed by atoms with E-state index in [2.05, 4.69) is 68.2 Å². The first-order chi connectivity index (χ1) is 11.8. The van der Waals surface area contributed by atoms with Crippen molar-refractivity contribution >= 4 is 0 Å². The van der Waals surface area contributed by atoms with Gasteiger partial charge in [0.15, 0.2) is 0 Å². The maximum absolute atomic E-state index is 8.73. The molecule has 0 amide bonds. The Bertz CT molecular complexity index is 843. The van der Waals surface area contributed by atoms with Gasteiger partial charge in [0.2, 0.25) is 0 Å². The standard InChI is InChI=1S/C23H25N/c1-17(23(2,3)4)18-10-12-19(13-11-18)21-14-15-24-22(16-21)20-8-6-5-7-9-20/h5-17H,1-4H3/i17D. The van der Waals surface area contributed by atoms with E-state index in [1.807, 2.05) is 37.4 Å². The van der Waals surface area contributed by atoms with Crippen LogP contribution in [-0.2, 0) is 0 Å². The number of nitrogens with zero attached hydrogens (tertiary/aromatic N) is 1. The minimum atomic E-state index is -0.626. The molecule has 0 radical (unpaired) electrons. The van der Waals surface area contributed by atoms with Crippen molar-refractivity contribution in [1.82, 2.24) is 4.98 Å². The molecule has 0 aliphatic rings. The zero-order valence-electron chi connectivity index (χ0n) is 15.9. The number of hydrogen-bond donors (Lipinski definition) is 0. The molecule has 1 aromatic heterocycles. The second kappa shape index (κ2) is 6.60. The van der Waals surface area contributed by atoms with Crippen LogP contribution in [0, 0.1) is 5.41 Å². The van der Waals surface area contributed by atoms with E-state index in [4.69, 9.17) is 1.37 Å². The Morgan fingerprint density at radius 2 is 1.50 bits per heavy atom. The van der Waals surface area contributed by atoms with Gasteiger partial charge >= 0.3 is 0 Å². The summed E-state index contributed by atoms with van der Waals surface area (Å²) in [5.41, 5.74) is 5.30.